The number of hydrogen-bond donors (Lipinski definition) is 0. The van der Waals surface area contributed by atoms with E-state index in [1.807, 2.05) is 48.5 Å². The van der Waals surface area contributed by atoms with Gasteiger partial charge in [0.25, 0.3) is 0 Å². The van der Waals surface area contributed by atoms with Gasteiger partial charge in [0.1, 0.15) is 17.3 Å². The van der Waals surface area contributed by atoms with Gasteiger partial charge in [-0.3, -0.25) is 9.59 Å². The molecule has 27 heavy (non-hydrogen) atoms. The van der Waals surface area contributed by atoms with Gasteiger partial charge < -0.3 is 4.74 Å². The first-order valence-corrected chi connectivity index (χ1v) is 9.89. The van der Waals surface area contributed by atoms with Crippen molar-refractivity contribution in [2.45, 2.75) is 45.4 Å². The summed E-state index contributed by atoms with van der Waals surface area (Å²) in [5, 5.41) is 0. The molecule has 2 aromatic carbocycles. The standard InChI is InChI=1S/C24H28O3/c1-3-4-17-7-14-22(23(25)15-17)24(26)16-18-5-8-19(9-6-18)20-10-12-21(27-2)13-11-20/h5-6,8-13,17,22H,3-4,7,14-16H2,1-2H3. The molecule has 0 aliphatic heterocycles. The summed E-state index contributed by atoms with van der Waals surface area (Å²) < 4.78 is 5.19. The van der Waals surface area contributed by atoms with Crippen LogP contribution in [0.4, 0.5) is 0 Å². The van der Waals surface area contributed by atoms with Crippen molar-refractivity contribution in [1.82, 2.24) is 0 Å². The van der Waals surface area contributed by atoms with Crippen LogP contribution in [0.1, 0.15) is 44.6 Å². The predicted molar refractivity (Wildman–Crippen MR) is 108 cm³/mol. The molecule has 3 rings (SSSR count). The minimum Gasteiger partial charge on any atom is -0.497 e. The molecule has 1 aliphatic carbocycles. The van der Waals surface area contributed by atoms with Crippen molar-refractivity contribution in [2.75, 3.05) is 7.11 Å². The molecule has 2 atom stereocenters. The number of ether oxygens (including phenoxy) is 1. The fourth-order valence-electron chi connectivity index (χ4n) is 4.01. The van der Waals surface area contributed by atoms with Crippen molar-refractivity contribution >= 4 is 11.6 Å². The molecule has 0 amide bonds. The van der Waals surface area contributed by atoms with Crippen LogP contribution in [0, 0.1) is 11.8 Å². The average molecular weight is 364 g/mol. The fourth-order valence-corrected chi connectivity index (χ4v) is 4.01. The molecular formula is C24H28O3. The normalized spacial score (nSPS) is 19.7. The number of ketones is 2. The number of methoxy groups -OCH3 is 1. The van der Waals surface area contributed by atoms with E-state index in [1.54, 1.807) is 7.11 Å². The summed E-state index contributed by atoms with van der Waals surface area (Å²) in [6.07, 6.45) is 4.87. The lowest BCUT2D eigenvalue weighted by atomic mass is 9.76. The monoisotopic (exact) mass is 364 g/mol. The number of benzene rings is 2. The number of carbonyl (C=O) groups is 2. The molecule has 0 N–H and O–H groups in total. The molecule has 0 spiro atoms. The number of rotatable bonds is 7. The van der Waals surface area contributed by atoms with E-state index in [0.717, 1.165) is 48.1 Å². The second-order valence-corrected chi connectivity index (χ2v) is 7.52. The Morgan fingerprint density at radius 3 is 2.19 bits per heavy atom. The molecule has 0 bridgehead atoms. The lowest BCUT2D eigenvalue weighted by molar-refractivity contribution is -0.135. The third-order valence-corrected chi connectivity index (χ3v) is 5.58. The van der Waals surface area contributed by atoms with Gasteiger partial charge in [0.05, 0.1) is 13.0 Å². The van der Waals surface area contributed by atoms with Gasteiger partial charge in [0, 0.05) is 12.8 Å². The Kier molecular flexibility index (Phi) is 6.44. The smallest absolute Gasteiger partial charge is 0.147 e. The van der Waals surface area contributed by atoms with Crippen LogP contribution in [0.15, 0.2) is 48.5 Å². The average Bonchev–Trinajstić information content (AvgIpc) is 2.69. The van der Waals surface area contributed by atoms with Crippen LogP contribution in [0.2, 0.25) is 0 Å². The summed E-state index contributed by atoms with van der Waals surface area (Å²) in [7, 11) is 1.65. The molecule has 1 saturated carbocycles. The molecular weight excluding hydrogens is 336 g/mol. The highest BCUT2D eigenvalue weighted by molar-refractivity contribution is 6.03. The van der Waals surface area contributed by atoms with E-state index >= 15 is 0 Å². The number of hydrogen-bond acceptors (Lipinski definition) is 3. The molecule has 0 radical (unpaired) electrons. The van der Waals surface area contributed by atoms with Gasteiger partial charge in [-0.2, -0.15) is 0 Å². The van der Waals surface area contributed by atoms with Crippen molar-refractivity contribution in [2.24, 2.45) is 11.8 Å². The second kappa shape index (κ2) is 8.98. The molecule has 1 fully saturated rings. The lowest BCUT2D eigenvalue weighted by Crippen LogP contribution is -2.31. The highest BCUT2D eigenvalue weighted by atomic mass is 16.5. The minimum atomic E-state index is -0.389. The van der Waals surface area contributed by atoms with Crippen molar-refractivity contribution in [3.63, 3.8) is 0 Å². The largest absolute Gasteiger partial charge is 0.497 e. The zero-order chi connectivity index (χ0) is 19.2. The first kappa shape index (κ1) is 19.3. The minimum absolute atomic E-state index is 0.0761. The topological polar surface area (TPSA) is 43.4 Å². The van der Waals surface area contributed by atoms with Gasteiger partial charge in [-0.05, 0) is 47.6 Å². The van der Waals surface area contributed by atoms with Crippen molar-refractivity contribution < 1.29 is 14.3 Å². The van der Waals surface area contributed by atoms with E-state index in [2.05, 4.69) is 6.92 Å². The van der Waals surface area contributed by atoms with E-state index < -0.39 is 0 Å². The van der Waals surface area contributed by atoms with Crippen molar-refractivity contribution in [1.29, 1.82) is 0 Å². The van der Waals surface area contributed by atoms with E-state index in [1.165, 1.54) is 0 Å². The molecule has 0 saturated heterocycles. The zero-order valence-corrected chi connectivity index (χ0v) is 16.2. The van der Waals surface area contributed by atoms with Crippen LogP contribution in [-0.4, -0.2) is 18.7 Å². The van der Waals surface area contributed by atoms with E-state index in [9.17, 15) is 9.59 Å². The third kappa shape index (κ3) is 4.85. The maximum Gasteiger partial charge on any atom is 0.147 e. The van der Waals surface area contributed by atoms with Crippen LogP contribution < -0.4 is 4.74 Å². The molecule has 2 unspecified atom stereocenters. The Morgan fingerprint density at radius 2 is 1.63 bits per heavy atom. The molecule has 3 nitrogen and oxygen atoms in total. The van der Waals surface area contributed by atoms with Crippen molar-refractivity contribution in [3.8, 4) is 16.9 Å². The predicted octanol–water partition coefficient (Wildman–Crippen LogP) is 5.26. The molecule has 0 aromatic heterocycles. The summed E-state index contributed by atoms with van der Waals surface area (Å²) in [4.78, 5) is 25.0. The lowest BCUT2D eigenvalue weighted by Gasteiger charge is -2.26. The number of carbonyl (C=O) groups excluding carboxylic acids is 2. The van der Waals surface area contributed by atoms with Crippen LogP contribution in [0.25, 0.3) is 11.1 Å². The van der Waals surface area contributed by atoms with Crippen LogP contribution >= 0.6 is 0 Å². The van der Waals surface area contributed by atoms with Crippen LogP contribution in [0.3, 0.4) is 0 Å². The summed E-state index contributed by atoms with van der Waals surface area (Å²) in [5.41, 5.74) is 3.18. The SMILES string of the molecule is CCCC1CCC(C(=O)Cc2ccc(-c3ccc(OC)cc3)cc2)C(=O)C1. The Labute approximate surface area is 161 Å². The van der Waals surface area contributed by atoms with E-state index in [4.69, 9.17) is 4.74 Å². The highest BCUT2D eigenvalue weighted by Gasteiger charge is 2.32. The van der Waals surface area contributed by atoms with Gasteiger partial charge >= 0.3 is 0 Å². The third-order valence-electron chi connectivity index (χ3n) is 5.58. The Morgan fingerprint density at radius 1 is 1.00 bits per heavy atom. The van der Waals surface area contributed by atoms with Crippen molar-refractivity contribution in [3.05, 3.63) is 54.1 Å². The Bertz CT molecular complexity index is 774. The molecule has 142 valence electrons. The number of Topliss-reactive ketones (excluding diaryl/α,β-unsaturated/α-hetero) is 2. The van der Waals surface area contributed by atoms with Crippen LogP contribution in [0.5, 0.6) is 5.75 Å². The highest BCUT2D eigenvalue weighted by Crippen LogP contribution is 2.30. The van der Waals surface area contributed by atoms with Gasteiger partial charge in [-0.1, -0.05) is 56.2 Å². The summed E-state index contributed by atoms with van der Waals surface area (Å²) >= 11 is 0. The maximum atomic E-state index is 12.6. The van der Waals surface area contributed by atoms with E-state index in [-0.39, 0.29) is 17.5 Å². The molecule has 0 heterocycles. The van der Waals surface area contributed by atoms with Gasteiger partial charge in [0.2, 0.25) is 0 Å². The zero-order valence-electron chi connectivity index (χ0n) is 16.2. The quantitative estimate of drug-likeness (QED) is 0.630. The Balaban J connectivity index is 1.60. The van der Waals surface area contributed by atoms with Gasteiger partial charge in [-0.25, -0.2) is 0 Å². The molecule has 3 heteroatoms. The van der Waals surface area contributed by atoms with Gasteiger partial charge in [-0.15, -0.1) is 0 Å². The maximum absolute atomic E-state index is 12.6. The Hall–Kier alpha value is -2.42. The molecule has 1 aliphatic rings. The van der Waals surface area contributed by atoms with E-state index in [0.29, 0.717) is 18.8 Å². The summed E-state index contributed by atoms with van der Waals surface area (Å²) in [6, 6.07) is 16.0. The van der Waals surface area contributed by atoms with Gasteiger partial charge in [0.15, 0.2) is 0 Å². The molecule has 2 aromatic rings. The summed E-state index contributed by atoms with van der Waals surface area (Å²) in [5.74, 6) is 1.15. The first-order chi connectivity index (χ1) is 13.1. The fraction of sp³-hybridized carbons (Fsp3) is 0.417. The first-order valence-electron chi connectivity index (χ1n) is 9.89. The summed E-state index contributed by atoms with van der Waals surface area (Å²) in [6.45, 7) is 2.15. The second-order valence-electron chi connectivity index (χ2n) is 7.52. The van der Waals surface area contributed by atoms with Crippen LogP contribution in [-0.2, 0) is 16.0 Å².